The normalized spacial score (nSPS) is 18.4. The Morgan fingerprint density at radius 3 is 2.52 bits per heavy atom. The summed E-state index contributed by atoms with van der Waals surface area (Å²) in [6.07, 6.45) is 0.391. The lowest BCUT2D eigenvalue weighted by Crippen LogP contribution is -2.42. The van der Waals surface area contributed by atoms with E-state index in [-0.39, 0.29) is 31.0 Å². The molecule has 1 fully saturated rings. The molecule has 152 valence electrons. The fraction of sp³-hybridized carbons (Fsp3) is 0.650. The lowest BCUT2D eigenvalue weighted by molar-refractivity contribution is -0.680. The van der Waals surface area contributed by atoms with Gasteiger partial charge in [-0.15, -0.1) is 0 Å². The number of phenolic OH excluding ortho intramolecular Hbond substituents is 1. The minimum atomic E-state index is -0.492. The van der Waals surface area contributed by atoms with Crippen LogP contribution in [0.3, 0.4) is 0 Å². The van der Waals surface area contributed by atoms with Crippen LogP contribution in [0.15, 0.2) is 12.1 Å². The molecule has 27 heavy (non-hydrogen) atoms. The van der Waals surface area contributed by atoms with Crippen molar-refractivity contribution >= 4 is 5.97 Å². The van der Waals surface area contributed by atoms with Gasteiger partial charge in [0.2, 0.25) is 0 Å². The van der Waals surface area contributed by atoms with Crippen molar-refractivity contribution in [2.75, 3.05) is 13.2 Å². The van der Waals surface area contributed by atoms with Crippen LogP contribution in [-0.2, 0) is 41.2 Å². The van der Waals surface area contributed by atoms with Gasteiger partial charge in [0.15, 0.2) is 0 Å². The molecule has 7 heteroatoms. The first kappa shape index (κ1) is 21.6. The summed E-state index contributed by atoms with van der Waals surface area (Å²) in [7, 11) is 0. The lowest BCUT2D eigenvalue weighted by atomic mass is 9.83. The number of hydrogen-bond acceptors (Lipinski definition) is 7. The first-order valence-corrected chi connectivity index (χ1v) is 9.11. The topological polar surface area (TPSA) is 83.5 Å². The predicted octanol–water partition coefficient (Wildman–Crippen LogP) is 3.69. The summed E-state index contributed by atoms with van der Waals surface area (Å²) < 4.78 is 5.41. The zero-order valence-corrected chi connectivity index (χ0v) is 17.0. The van der Waals surface area contributed by atoms with Gasteiger partial charge in [0, 0.05) is 11.8 Å². The molecule has 1 aliphatic rings. The quantitative estimate of drug-likeness (QED) is 0.593. The maximum absolute atomic E-state index is 12.2. The SMILES string of the molecule is Cc1cc(CCC(=O)OCC(C)(C)C2COOOO2)cc(C(C)(C)C)c1O. The van der Waals surface area contributed by atoms with E-state index in [2.05, 4.69) is 10.1 Å². The molecule has 0 radical (unpaired) electrons. The Labute approximate surface area is 160 Å². The zero-order valence-electron chi connectivity index (χ0n) is 17.0. The van der Waals surface area contributed by atoms with Crippen LogP contribution in [0.5, 0.6) is 5.75 Å². The van der Waals surface area contributed by atoms with E-state index in [0.29, 0.717) is 12.2 Å². The van der Waals surface area contributed by atoms with Crippen molar-refractivity contribution in [1.29, 1.82) is 0 Å². The molecule has 0 amide bonds. The Morgan fingerprint density at radius 2 is 1.93 bits per heavy atom. The van der Waals surface area contributed by atoms with Crippen molar-refractivity contribution in [3.05, 3.63) is 28.8 Å². The largest absolute Gasteiger partial charge is 0.507 e. The maximum atomic E-state index is 12.2. The van der Waals surface area contributed by atoms with Crippen LogP contribution in [-0.4, -0.2) is 30.4 Å². The average molecular weight is 382 g/mol. The van der Waals surface area contributed by atoms with Gasteiger partial charge in [-0.05, 0) is 45.5 Å². The molecule has 0 aliphatic carbocycles. The Morgan fingerprint density at radius 1 is 1.22 bits per heavy atom. The first-order valence-electron chi connectivity index (χ1n) is 9.11. The molecular formula is C20H30O7. The van der Waals surface area contributed by atoms with Crippen LogP contribution < -0.4 is 0 Å². The van der Waals surface area contributed by atoms with Crippen molar-refractivity contribution in [3.63, 3.8) is 0 Å². The Bertz CT molecular complexity index is 655. The van der Waals surface area contributed by atoms with Gasteiger partial charge in [-0.3, -0.25) is 4.79 Å². The molecule has 1 saturated heterocycles. The third kappa shape index (κ3) is 5.90. The second-order valence-electron chi connectivity index (χ2n) is 8.71. The van der Waals surface area contributed by atoms with Gasteiger partial charge >= 0.3 is 5.97 Å². The number of aromatic hydroxyl groups is 1. The minimum Gasteiger partial charge on any atom is -0.507 e. The van der Waals surface area contributed by atoms with Gasteiger partial charge in [-0.1, -0.05) is 46.8 Å². The third-order valence-electron chi connectivity index (χ3n) is 4.71. The van der Waals surface area contributed by atoms with E-state index in [0.717, 1.165) is 16.7 Å². The maximum Gasteiger partial charge on any atom is 0.306 e. The summed E-state index contributed by atoms with van der Waals surface area (Å²) in [5.41, 5.74) is 2.02. The highest BCUT2D eigenvalue weighted by Crippen LogP contribution is 2.34. The van der Waals surface area contributed by atoms with E-state index in [1.807, 2.05) is 53.7 Å². The summed E-state index contributed by atoms with van der Waals surface area (Å²) >= 11 is 0. The highest BCUT2D eigenvalue weighted by atomic mass is 17.7. The number of carbonyl (C=O) groups excluding carboxylic acids is 1. The van der Waals surface area contributed by atoms with Crippen molar-refractivity contribution in [2.24, 2.45) is 5.41 Å². The van der Waals surface area contributed by atoms with Crippen LogP contribution >= 0.6 is 0 Å². The fourth-order valence-electron chi connectivity index (χ4n) is 2.80. The Hall–Kier alpha value is -1.67. The predicted molar refractivity (Wildman–Crippen MR) is 97.6 cm³/mol. The minimum absolute atomic E-state index is 0.172. The van der Waals surface area contributed by atoms with Crippen molar-refractivity contribution in [2.45, 2.75) is 65.9 Å². The molecular weight excluding hydrogens is 352 g/mol. The summed E-state index contributed by atoms with van der Waals surface area (Å²) in [5, 5.41) is 18.9. The van der Waals surface area contributed by atoms with Crippen LogP contribution in [0.25, 0.3) is 0 Å². The fourth-order valence-corrected chi connectivity index (χ4v) is 2.80. The zero-order chi connectivity index (χ0) is 20.2. The lowest BCUT2D eigenvalue weighted by Gasteiger charge is -2.32. The number of benzene rings is 1. The molecule has 7 nitrogen and oxygen atoms in total. The average Bonchev–Trinajstić information content (AvgIpc) is 2.60. The molecule has 0 spiro atoms. The van der Waals surface area contributed by atoms with E-state index in [4.69, 9.17) is 14.5 Å². The Kier molecular flexibility index (Phi) is 6.86. The van der Waals surface area contributed by atoms with Crippen molar-refractivity contribution < 1.29 is 34.5 Å². The number of carbonyl (C=O) groups is 1. The molecule has 1 aliphatic heterocycles. The molecule has 1 heterocycles. The summed E-state index contributed by atoms with van der Waals surface area (Å²) in [4.78, 5) is 21.9. The van der Waals surface area contributed by atoms with E-state index in [9.17, 15) is 9.90 Å². The second kappa shape index (κ2) is 8.56. The van der Waals surface area contributed by atoms with Gasteiger partial charge in [-0.25, -0.2) is 4.89 Å². The van der Waals surface area contributed by atoms with Crippen molar-refractivity contribution in [1.82, 2.24) is 0 Å². The van der Waals surface area contributed by atoms with Crippen LogP contribution in [0, 0.1) is 12.3 Å². The third-order valence-corrected chi connectivity index (χ3v) is 4.71. The molecule has 1 N–H and O–H groups in total. The molecule has 1 unspecified atom stereocenters. The standard InChI is InChI=1S/C20H30O7/c1-13-9-14(10-15(18(13)22)19(2,3)4)7-8-17(21)23-12-20(5,6)16-11-24-26-27-25-16/h9-10,16,22H,7-8,11-12H2,1-6H3. The van der Waals surface area contributed by atoms with Crippen LogP contribution in [0.4, 0.5) is 0 Å². The Balaban J connectivity index is 1.91. The number of esters is 1. The van der Waals surface area contributed by atoms with E-state index >= 15 is 0 Å². The number of ether oxygens (including phenoxy) is 1. The number of rotatable bonds is 6. The van der Waals surface area contributed by atoms with Crippen LogP contribution in [0.2, 0.25) is 0 Å². The molecule has 1 aromatic carbocycles. The molecule has 1 atom stereocenters. The van der Waals surface area contributed by atoms with Crippen molar-refractivity contribution in [3.8, 4) is 5.75 Å². The first-order chi connectivity index (χ1) is 12.5. The van der Waals surface area contributed by atoms with Gasteiger partial charge < -0.3 is 9.84 Å². The molecule has 0 bridgehead atoms. The summed E-state index contributed by atoms with van der Waals surface area (Å²) in [5.74, 6) is 0.0245. The van der Waals surface area contributed by atoms with E-state index in [1.54, 1.807) is 0 Å². The monoisotopic (exact) mass is 382 g/mol. The van der Waals surface area contributed by atoms with Crippen LogP contribution in [0.1, 0.15) is 57.7 Å². The smallest absolute Gasteiger partial charge is 0.306 e. The highest BCUT2D eigenvalue weighted by molar-refractivity contribution is 5.69. The molecule has 2 rings (SSSR count). The molecule has 0 aromatic heterocycles. The number of aryl methyl sites for hydroxylation is 2. The number of hydrogen-bond donors (Lipinski definition) is 1. The van der Waals surface area contributed by atoms with Gasteiger partial charge in [0.05, 0.1) is 6.61 Å². The van der Waals surface area contributed by atoms with Gasteiger partial charge in [0.25, 0.3) is 0 Å². The van der Waals surface area contributed by atoms with Gasteiger partial charge in [0.1, 0.15) is 18.5 Å². The molecule has 0 saturated carbocycles. The van der Waals surface area contributed by atoms with E-state index in [1.165, 1.54) is 0 Å². The summed E-state index contributed by atoms with van der Waals surface area (Å²) in [6, 6.07) is 3.87. The molecule has 1 aromatic rings. The summed E-state index contributed by atoms with van der Waals surface area (Å²) in [6.45, 7) is 12.2. The highest BCUT2D eigenvalue weighted by Gasteiger charge is 2.36. The van der Waals surface area contributed by atoms with Gasteiger partial charge in [-0.2, -0.15) is 4.89 Å². The number of phenols is 1. The second-order valence-corrected chi connectivity index (χ2v) is 8.71. The van der Waals surface area contributed by atoms with E-state index < -0.39 is 11.5 Å².